The van der Waals surface area contributed by atoms with Crippen LogP contribution in [-0.2, 0) is 22.4 Å². The number of amides is 2. The van der Waals surface area contributed by atoms with Crippen molar-refractivity contribution < 1.29 is 18.4 Å². The molecule has 2 amide bonds. The SMILES string of the molecule is O=C1[C@@H](CCCc2cccc3ncsc23)C[C@@H]2CN(c3ccncc3F)CCN12.O=C1[C@H](CCCc2cccc3ncsc23)C[C@@H]2CN(c3ccncc3F)CCN12. The lowest BCUT2D eigenvalue weighted by atomic mass is 9.96. The summed E-state index contributed by atoms with van der Waals surface area (Å²) >= 11 is 3.37. The molecule has 6 aromatic rings. The molecule has 300 valence electrons. The number of hydrogen-bond acceptors (Lipinski definition) is 10. The van der Waals surface area contributed by atoms with Crippen molar-refractivity contribution in [1.29, 1.82) is 0 Å². The lowest BCUT2D eigenvalue weighted by molar-refractivity contribution is -0.133. The van der Waals surface area contributed by atoms with E-state index in [1.807, 2.05) is 33.0 Å². The molecule has 0 saturated carbocycles. The first-order chi connectivity index (χ1) is 28.4. The molecule has 14 heteroatoms. The molecule has 8 heterocycles. The Morgan fingerprint density at radius 2 is 1.09 bits per heavy atom. The van der Waals surface area contributed by atoms with E-state index in [0.29, 0.717) is 50.6 Å². The molecule has 0 unspecified atom stereocenters. The molecule has 0 radical (unpaired) electrons. The average molecular weight is 821 g/mol. The Labute approximate surface area is 344 Å². The van der Waals surface area contributed by atoms with Gasteiger partial charge in [0.1, 0.15) is 0 Å². The monoisotopic (exact) mass is 820 g/mol. The first kappa shape index (κ1) is 38.4. The fourth-order valence-electron chi connectivity index (χ4n) is 9.55. The molecule has 0 bridgehead atoms. The zero-order valence-electron chi connectivity index (χ0n) is 32.3. The maximum Gasteiger partial charge on any atom is 0.226 e. The lowest BCUT2D eigenvalue weighted by Gasteiger charge is -2.38. The normalized spacial score (nSPS) is 21.8. The smallest absolute Gasteiger partial charge is 0.226 e. The van der Waals surface area contributed by atoms with Gasteiger partial charge in [0.25, 0.3) is 0 Å². The van der Waals surface area contributed by atoms with E-state index in [-0.39, 0.29) is 47.4 Å². The fourth-order valence-corrected chi connectivity index (χ4v) is 11.2. The van der Waals surface area contributed by atoms with Gasteiger partial charge in [-0.2, -0.15) is 0 Å². The molecule has 58 heavy (non-hydrogen) atoms. The van der Waals surface area contributed by atoms with E-state index in [1.54, 1.807) is 47.2 Å². The van der Waals surface area contributed by atoms with E-state index in [1.165, 1.54) is 32.9 Å². The lowest BCUT2D eigenvalue weighted by Crippen LogP contribution is -2.51. The van der Waals surface area contributed by atoms with E-state index in [4.69, 9.17) is 0 Å². The number of rotatable bonds is 10. The minimum absolute atomic E-state index is 0.0860. The summed E-state index contributed by atoms with van der Waals surface area (Å²) in [6, 6.07) is 16.4. The maximum absolute atomic E-state index is 14.1. The maximum atomic E-state index is 14.1. The zero-order chi connectivity index (χ0) is 39.6. The first-order valence-corrected chi connectivity index (χ1v) is 22.1. The number of hydrogen-bond donors (Lipinski definition) is 0. The van der Waals surface area contributed by atoms with Gasteiger partial charge in [0, 0.05) is 63.5 Å². The second kappa shape index (κ2) is 17.0. The number of fused-ring (bicyclic) bond motifs is 4. The van der Waals surface area contributed by atoms with Crippen molar-refractivity contribution in [3.8, 4) is 0 Å². The van der Waals surface area contributed by atoms with Crippen LogP contribution in [0.15, 0.2) is 84.3 Å². The molecule has 4 fully saturated rings. The Kier molecular flexibility index (Phi) is 11.3. The minimum Gasteiger partial charge on any atom is -0.365 e. The number of pyridine rings is 2. The summed E-state index contributed by atoms with van der Waals surface area (Å²) in [4.78, 5) is 50.3. The van der Waals surface area contributed by atoms with Gasteiger partial charge in [-0.25, -0.2) is 18.7 Å². The summed E-state index contributed by atoms with van der Waals surface area (Å²) < 4.78 is 30.7. The van der Waals surface area contributed by atoms with Crippen LogP contribution in [0.4, 0.5) is 20.2 Å². The largest absolute Gasteiger partial charge is 0.365 e. The van der Waals surface area contributed by atoms with Gasteiger partial charge in [-0.05, 0) is 86.8 Å². The highest BCUT2D eigenvalue weighted by Gasteiger charge is 2.43. The van der Waals surface area contributed by atoms with Gasteiger partial charge in [-0.3, -0.25) is 19.6 Å². The summed E-state index contributed by atoms with van der Waals surface area (Å²) in [6.45, 7) is 4.07. The van der Waals surface area contributed by atoms with Gasteiger partial charge in [0.15, 0.2) is 11.6 Å². The highest BCUT2D eigenvalue weighted by atomic mass is 32.1. The predicted octanol–water partition coefficient (Wildman–Crippen LogP) is 7.78. The van der Waals surface area contributed by atoms with Gasteiger partial charge in [0.05, 0.1) is 67.3 Å². The molecule has 0 N–H and O–H groups in total. The molecule has 0 aliphatic carbocycles. The number of piperazine rings is 2. The molecule has 10 rings (SSSR count). The summed E-state index contributed by atoms with van der Waals surface area (Å²) in [5.74, 6) is 0.144. The number of carbonyl (C=O) groups excluding carboxylic acids is 2. The predicted molar refractivity (Wildman–Crippen MR) is 225 cm³/mol. The van der Waals surface area contributed by atoms with E-state index in [2.05, 4.69) is 54.0 Å². The van der Waals surface area contributed by atoms with Crippen LogP contribution in [0.3, 0.4) is 0 Å². The van der Waals surface area contributed by atoms with E-state index in [0.717, 1.165) is 62.4 Å². The number of nitrogens with zero attached hydrogens (tertiary/aromatic N) is 8. The molecule has 4 aromatic heterocycles. The molecule has 0 spiro atoms. The minimum atomic E-state index is -0.293. The standard InChI is InChI=1S/2C22H23FN4OS/c2*23-18-12-24-8-7-20(18)26-9-10-27-17(13-26)11-16(22(27)28)5-1-3-15-4-2-6-19-21(15)29-14-25-19/h2*2,4,6-8,12,14,16-17H,1,3,5,9-11,13H2/t16-,17+;16-,17-/m01/s1. The van der Waals surface area contributed by atoms with Crippen LogP contribution in [0.1, 0.15) is 49.7 Å². The Morgan fingerprint density at radius 1 is 0.621 bits per heavy atom. The molecule has 4 atom stereocenters. The number of benzene rings is 2. The van der Waals surface area contributed by atoms with Gasteiger partial charge in [-0.15, -0.1) is 22.7 Å². The van der Waals surface area contributed by atoms with Crippen LogP contribution in [0.25, 0.3) is 20.4 Å². The van der Waals surface area contributed by atoms with Crippen molar-refractivity contribution in [3.63, 3.8) is 0 Å². The summed E-state index contributed by atoms with van der Waals surface area (Å²) in [5, 5.41) is 0. The third-order valence-corrected chi connectivity index (χ3v) is 14.2. The topological polar surface area (TPSA) is 98.7 Å². The van der Waals surface area contributed by atoms with Crippen molar-refractivity contribution in [3.05, 3.63) is 107 Å². The summed E-state index contributed by atoms with van der Waals surface area (Å²) in [6.07, 6.45) is 13.3. The molecule has 4 saturated heterocycles. The van der Waals surface area contributed by atoms with Crippen LogP contribution in [0, 0.1) is 23.5 Å². The van der Waals surface area contributed by atoms with Crippen LogP contribution in [-0.4, -0.2) is 92.9 Å². The number of thiazole rings is 2. The second-order valence-electron chi connectivity index (χ2n) is 15.8. The van der Waals surface area contributed by atoms with Gasteiger partial charge >= 0.3 is 0 Å². The number of aromatic nitrogens is 4. The number of carbonyl (C=O) groups is 2. The first-order valence-electron chi connectivity index (χ1n) is 20.3. The Morgan fingerprint density at radius 3 is 1.53 bits per heavy atom. The van der Waals surface area contributed by atoms with Crippen LogP contribution in [0.5, 0.6) is 0 Å². The van der Waals surface area contributed by atoms with Crippen molar-refractivity contribution in [1.82, 2.24) is 29.7 Å². The number of aryl methyl sites for hydroxylation is 2. The third kappa shape index (κ3) is 7.88. The Hall–Kier alpha value is -5.08. The highest BCUT2D eigenvalue weighted by molar-refractivity contribution is 7.17. The number of anilines is 2. The van der Waals surface area contributed by atoms with E-state index < -0.39 is 0 Å². The van der Waals surface area contributed by atoms with Crippen molar-refractivity contribution in [2.45, 2.75) is 63.5 Å². The third-order valence-electron chi connectivity index (χ3n) is 12.4. The Balaban J connectivity index is 0.000000150. The van der Waals surface area contributed by atoms with Crippen LogP contribution < -0.4 is 9.80 Å². The van der Waals surface area contributed by atoms with Gasteiger partial charge in [0.2, 0.25) is 11.8 Å². The molecule has 10 nitrogen and oxygen atoms in total. The average Bonchev–Trinajstić information content (AvgIpc) is 4.05. The zero-order valence-corrected chi connectivity index (χ0v) is 33.9. The van der Waals surface area contributed by atoms with Gasteiger partial charge in [-0.1, -0.05) is 24.3 Å². The molecular formula is C44H46F2N8O2S2. The van der Waals surface area contributed by atoms with E-state index in [9.17, 15) is 18.4 Å². The van der Waals surface area contributed by atoms with Crippen molar-refractivity contribution in [2.75, 3.05) is 49.1 Å². The van der Waals surface area contributed by atoms with Crippen molar-refractivity contribution in [2.24, 2.45) is 11.8 Å². The molecule has 4 aliphatic rings. The van der Waals surface area contributed by atoms with Crippen LogP contribution >= 0.6 is 22.7 Å². The van der Waals surface area contributed by atoms with Crippen molar-refractivity contribution >= 4 is 66.3 Å². The summed E-state index contributed by atoms with van der Waals surface area (Å²) in [7, 11) is 0. The fraction of sp³-hybridized carbons (Fsp3) is 0.409. The highest BCUT2D eigenvalue weighted by Crippen LogP contribution is 2.35. The molecule has 2 aromatic carbocycles. The van der Waals surface area contributed by atoms with E-state index >= 15 is 0 Å². The Bertz CT molecular complexity index is 2240. The molecular weight excluding hydrogens is 775 g/mol. The summed E-state index contributed by atoms with van der Waals surface area (Å²) in [5.41, 5.74) is 9.74. The molecule has 4 aliphatic heterocycles. The second-order valence-corrected chi connectivity index (χ2v) is 17.5. The number of halogens is 2. The van der Waals surface area contributed by atoms with Crippen LogP contribution in [0.2, 0.25) is 0 Å². The van der Waals surface area contributed by atoms with Gasteiger partial charge < -0.3 is 19.6 Å². The quantitative estimate of drug-likeness (QED) is 0.138.